The molecule has 0 aliphatic carbocycles. The molecule has 4 heteroatoms. The lowest BCUT2D eigenvalue weighted by molar-refractivity contribution is 0.0169. The Morgan fingerprint density at radius 2 is 1.40 bits per heavy atom. The van der Waals surface area contributed by atoms with Crippen LogP contribution in [0, 0.1) is 34.6 Å². The molecule has 1 aromatic carbocycles. The highest BCUT2D eigenvalue weighted by atomic mass is 19.3. The van der Waals surface area contributed by atoms with Crippen molar-refractivity contribution in [3.63, 3.8) is 0 Å². The van der Waals surface area contributed by atoms with Crippen molar-refractivity contribution in [3.05, 3.63) is 33.4 Å². The summed E-state index contributed by atoms with van der Waals surface area (Å²) in [5.74, 6) is -0.0412. The highest BCUT2D eigenvalue weighted by Crippen LogP contribution is 2.26. The van der Waals surface area contributed by atoms with Gasteiger partial charge in [-0.25, -0.2) is 8.78 Å². The number of halogens is 2. The minimum absolute atomic E-state index is 0.0357. The largest absolute Gasteiger partial charge is 0.375 e. The van der Waals surface area contributed by atoms with Gasteiger partial charge in [-0.3, -0.25) is 4.79 Å². The molecule has 0 aliphatic rings. The minimum atomic E-state index is -2.49. The van der Waals surface area contributed by atoms with Gasteiger partial charge in [0.1, 0.15) is 6.61 Å². The molecule has 0 fully saturated rings. The fourth-order valence-corrected chi connectivity index (χ4v) is 2.38. The van der Waals surface area contributed by atoms with Crippen LogP contribution in [0.5, 0.6) is 0 Å². The van der Waals surface area contributed by atoms with Crippen molar-refractivity contribution in [3.8, 4) is 0 Å². The van der Waals surface area contributed by atoms with Gasteiger partial charge in [0.25, 0.3) is 6.43 Å². The number of ether oxygens (including phenoxy) is 1. The Hall–Kier alpha value is -1.29. The van der Waals surface area contributed by atoms with Gasteiger partial charge < -0.3 is 4.74 Å². The maximum absolute atomic E-state index is 12.3. The lowest BCUT2D eigenvalue weighted by atomic mass is 9.87. The summed E-state index contributed by atoms with van der Waals surface area (Å²) in [4.78, 5) is 12.3. The monoisotopic (exact) mass is 284 g/mol. The minimum Gasteiger partial charge on any atom is -0.375 e. The molecular weight excluding hydrogens is 262 g/mol. The molecule has 0 amide bonds. The van der Waals surface area contributed by atoms with Crippen LogP contribution in [0.4, 0.5) is 8.78 Å². The van der Waals surface area contributed by atoms with Gasteiger partial charge in [0, 0.05) is 12.0 Å². The molecule has 0 atom stereocenters. The number of ketones is 1. The number of rotatable bonds is 6. The second kappa shape index (κ2) is 6.93. The van der Waals surface area contributed by atoms with Crippen LogP contribution in [0.1, 0.15) is 44.6 Å². The van der Waals surface area contributed by atoms with Gasteiger partial charge in [-0.2, -0.15) is 0 Å². The van der Waals surface area contributed by atoms with Gasteiger partial charge >= 0.3 is 0 Å². The molecule has 0 unspecified atom stereocenters. The van der Waals surface area contributed by atoms with Crippen LogP contribution in [-0.2, 0) is 4.74 Å². The molecule has 112 valence electrons. The molecule has 20 heavy (non-hydrogen) atoms. The highest BCUT2D eigenvalue weighted by Gasteiger charge is 2.18. The maximum Gasteiger partial charge on any atom is 0.261 e. The van der Waals surface area contributed by atoms with Gasteiger partial charge in [-0.15, -0.1) is 0 Å². The zero-order valence-corrected chi connectivity index (χ0v) is 12.8. The van der Waals surface area contributed by atoms with Gasteiger partial charge in [-0.1, -0.05) is 0 Å². The molecule has 0 aliphatic heterocycles. The first-order valence-electron chi connectivity index (χ1n) is 6.73. The van der Waals surface area contributed by atoms with Crippen molar-refractivity contribution < 1.29 is 18.3 Å². The predicted molar refractivity (Wildman–Crippen MR) is 75.9 cm³/mol. The fraction of sp³-hybridized carbons (Fsp3) is 0.562. The Balaban J connectivity index is 2.89. The molecule has 0 heterocycles. The van der Waals surface area contributed by atoms with Crippen molar-refractivity contribution in [1.82, 2.24) is 0 Å². The molecule has 0 spiro atoms. The van der Waals surface area contributed by atoms with E-state index in [1.807, 2.05) is 34.6 Å². The zero-order valence-electron chi connectivity index (χ0n) is 12.8. The molecule has 0 saturated carbocycles. The second-order valence-electron chi connectivity index (χ2n) is 5.14. The van der Waals surface area contributed by atoms with Crippen molar-refractivity contribution in [2.45, 2.75) is 47.5 Å². The quantitative estimate of drug-likeness (QED) is 0.581. The van der Waals surface area contributed by atoms with Gasteiger partial charge in [0.05, 0.1) is 6.61 Å². The summed E-state index contributed by atoms with van der Waals surface area (Å²) >= 11 is 0. The number of benzene rings is 1. The van der Waals surface area contributed by atoms with Crippen LogP contribution in [0.2, 0.25) is 0 Å². The van der Waals surface area contributed by atoms with Crippen LogP contribution < -0.4 is 0 Å². The Morgan fingerprint density at radius 3 is 1.85 bits per heavy atom. The predicted octanol–water partition coefficient (Wildman–Crippen LogP) is 4.08. The van der Waals surface area contributed by atoms with Crippen LogP contribution in [0.25, 0.3) is 0 Å². The molecule has 1 rings (SSSR count). The first kappa shape index (κ1) is 16.8. The number of Topliss-reactive ketones (excluding diaryl/α,β-unsaturated/α-hetero) is 1. The van der Waals surface area contributed by atoms with E-state index in [1.165, 1.54) is 5.56 Å². The molecular formula is C16H22F2O2. The smallest absolute Gasteiger partial charge is 0.261 e. The lowest BCUT2D eigenvalue weighted by Gasteiger charge is -2.17. The zero-order chi connectivity index (χ0) is 15.4. The summed E-state index contributed by atoms with van der Waals surface area (Å²) in [6.45, 7) is 9.34. The SMILES string of the molecule is Cc1c(C)c(C)c(C(=O)CCOCC(F)F)c(C)c1C. The number of hydrogen-bond acceptors (Lipinski definition) is 2. The molecule has 0 radical (unpaired) electrons. The van der Waals surface area contributed by atoms with Crippen LogP contribution in [0.15, 0.2) is 0 Å². The molecule has 2 nitrogen and oxygen atoms in total. The van der Waals surface area contributed by atoms with E-state index in [0.717, 1.165) is 22.3 Å². The van der Waals surface area contributed by atoms with E-state index >= 15 is 0 Å². The van der Waals surface area contributed by atoms with E-state index in [9.17, 15) is 13.6 Å². The van der Waals surface area contributed by atoms with E-state index < -0.39 is 13.0 Å². The Kier molecular flexibility index (Phi) is 5.81. The average Bonchev–Trinajstić information content (AvgIpc) is 2.39. The summed E-state index contributed by atoms with van der Waals surface area (Å²) in [5, 5.41) is 0. The van der Waals surface area contributed by atoms with Crippen LogP contribution in [0.3, 0.4) is 0 Å². The van der Waals surface area contributed by atoms with Crippen LogP contribution >= 0.6 is 0 Å². The summed E-state index contributed by atoms with van der Waals surface area (Å²) in [5.41, 5.74) is 6.10. The number of carbonyl (C=O) groups is 1. The van der Waals surface area contributed by atoms with E-state index in [1.54, 1.807) is 0 Å². The fourth-order valence-electron chi connectivity index (χ4n) is 2.38. The molecule has 0 N–H and O–H groups in total. The molecule has 0 bridgehead atoms. The van der Waals surface area contributed by atoms with Crippen molar-refractivity contribution in [1.29, 1.82) is 0 Å². The van der Waals surface area contributed by atoms with Gasteiger partial charge in [0.2, 0.25) is 0 Å². The van der Waals surface area contributed by atoms with Gasteiger partial charge in [-0.05, 0) is 62.4 Å². The third-order valence-corrected chi connectivity index (χ3v) is 4.00. The second-order valence-corrected chi connectivity index (χ2v) is 5.14. The number of alkyl halides is 2. The Labute approximate surface area is 119 Å². The van der Waals surface area contributed by atoms with Crippen LogP contribution in [-0.4, -0.2) is 25.4 Å². The first-order valence-corrected chi connectivity index (χ1v) is 6.73. The van der Waals surface area contributed by atoms with E-state index in [0.29, 0.717) is 5.56 Å². The normalized spacial score (nSPS) is 11.2. The third kappa shape index (κ3) is 3.63. The molecule has 1 aromatic rings. The number of hydrogen-bond donors (Lipinski definition) is 0. The van der Waals surface area contributed by atoms with E-state index in [-0.39, 0.29) is 18.8 Å². The molecule has 0 aromatic heterocycles. The van der Waals surface area contributed by atoms with E-state index in [4.69, 9.17) is 4.74 Å². The topological polar surface area (TPSA) is 26.3 Å². The summed E-state index contributed by atoms with van der Waals surface area (Å²) in [6.07, 6.45) is -2.35. The maximum atomic E-state index is 12.3. The average molecular weight is 284 g/mol. The van der Waals surface area contributed by atoms with Crippen molar-refractivity contribution >= 4 is 5.78 Å². The van der Waals surface area contributed by atoms with Crippen molar-refractivity contribution in [2.75, 3.05) is 13.2 Å². The summed E-state index contributed by atoms with van der Waals surface area (Å²) in [6, 6.07) is 0. The number of carbonyl (C=O) groups excluding carboxylic acids is 1. The Bertz CT molecular complexity index is 479. The lowest BCUT2D eigenvalue weighted by Crippen LogP contribution is -2.13. The Morgan fingerprint density at radius 1 is 0.950 bits per heavy atom. The summed E-state index contributed by atoms with van der Waals surface area (Å²) < 4.78 is 28.7. The van der Waals surface area contributed by atoms with Crippen molar-refractivity contribution in [2.24, 2.45) is 0 Å². The van der Waals surface area contributed by atoms with E-state index in [2.05, 4.69) is 0 Å². The first-order chi connectivity index (χ1) is 9.27. The van der Waals surface area contributed by atoms with Gasteiger partial charge in [0.15, 0.2) is 5.78 Å². The third-order valence-electron chi connectivity index (χ3n) is 4.00. The summed E-state index contributed by atoms with van der Waals surface area (Å²) in [7, 11) is 0. The highest BCUT2D eigenvalue weighted by molar-refractivity contribution is 5.99. The molecule has 0 saturated heterocycles. The standard InChI is InChI=1S/C16H22F2O2/c1-9-10(2)12(4)16(13(5)11(9)3)14(19)6-7-20-8-15(17)18/h15H,6-8H2,1-5H3.